The van der Waals surface area contributed by atoms with Crippen LogP contribution >= 0.6 is 23.4 Å². The predicted molar refractivity (Wildman–Crippen MR) is 109 cm³/mol. The highest BCUT2D eigenvalue weighted by Crippen LogP contribution is 2.25. The highest BCUT2D eigenvalue weighted by Gasteiger charge is 2.19. The molecule has 140 valence electrons. The number of thioether (sulfide) groups is 1. The van der Waals surface area contributed by atoms with Crippen molar-refractivity contribution in [2.24, 2.45) is 0 Å². The van der Waals surface area contributed by atoms with Gasteiger partial charge in [0.25, 0.3) is 0 Å². The maximum absolute atomic E-state index is 12.6. The molecule has 0 aliphatic rings. The Morgan fingerprint density at radius 3 is 2.67 bits per heavy atom. The molecule has 1 atom stereocenters. The maximum Gasteiger partial charge on any atom is 0.233 e. The summed E-state index contributed by atoms with van der Waals surface area (Å²) < 4.78 is 1.38. The lowest BCUT2D eigenvalue weighted by Gasteiger charge is -2.25. The lowest BCUT2D eigenvalue weighted by molar-refractivity contribution is -0.128. The van der Waals surface area contributed by atoms with E-state index in [1.165, 1.54) is 16.4 Å². The van der Waals surface area contributed by atoms with Crippen LogP contribution in [0.15, 0.2) is 59.8 Å². The molecular weight excluding hydrogens is 382 g/mol. The fourth-order valence-corrected chi connectivity index (χ4v) is 3.57. The van der Waals surface area contributed by atoms with Crippen molar-refractivity contribution in [1.82, 2.24) is 19.8 Å². The molecule has 0 unspecified atom stereocenters. The van der Waals surface area contributed by atoms with Gasteiger partial charge in [0.05, 0.1) is 11.8 Å². The van der Waals surface area contributed by atoms with E-state index in [-0.39, 0.29) is 17.7 Å². The van der Waals surface area contributed by atoms with Crippen molar-refractivity contribution in [2.75, 3.05) is 18.6 Å². The third-order valence-corrected chi connectivity index (χ3v) is 5.49. The van der Waals surface area contributed by atoms with Gasteiger partial charge in [-0.25, -0.2) is 4.68 Å². The molecule has 0 fully saturated rings. The summed E-state index contributed by atoms with van der Waals surface area (Å²) >= 11 is 7.27. The van der Waals surface area contributed by atoms with Crippen LogP contribution in [-0.4, -0.2) is 38.5 Å². The van der Waals surface area contributed by atoms with Crippen molar-refractivity contribution >= 4 is 29.3 Å². The summed E-state index contributed by atoms with van der Waals surface area (Å²) in [6.45, 7) is 2.00. The van der Waals surface area contributed by atoms with Gasteiger partial charge in [-0.2, -0.15) is 0 Å². The predicted octanol–water partition coefficient (Wildman–Crippen LogP) is 3.62. The molecule has 27 heavy (non-hydrogen) atoms. The van der Waals surface area contributed by atoms with E-state index in [4.69, 9.17) is 17.4 Å². The summed E-state index contributed by atoms with van der Waals surface area (Å²) in [5.74, 6) is 6.81. The molecule has 8 heteroatoms. The summed E-state index contributed by atoms with van der Waals surface area (Å²) in [4.78, 5) is 14.3. The molecule has 1 aromatic heterocycles. The van der Waals surface area contributed by atoms with Gasteiger partial charge in [-0.1, -0.05) is 65.8 Å². The molecule has 0 aliphatic heterocycles. The number of carbonyl (C=O) groups excluding carboxylic acids is 1. The Hall–Kier alpha value is -2.51. The Morgan fingerprint density at radius 2 is 1.96 bits per heavy atom. The van der Waals surface area contributed by atoms with E-state index in [0.717, 1.165) is 11.1 Å². The topological polar surface area (TPSA) is 77.0 Å². The molecule has 1 heterocycles. The Morgan fingerprint density at radius 1 is 1.22 bits per heavy atom. The first-order chi connectivity index (χ1) is 13.0. The van der Waals surface area contributed by atoms with E-state index in [1.807, 2.05) is 49.4 Å². The average molecular weight is 402 g/mol. The van der Waals surface area contributed by atoms with Gasteiger partial charge < -0.3 is 10.7 Å². The van der Waals surface area contributed by atoms with Crippen LogP contribution in [-0.2, 0) is 4.79 Å². The molecule has 0 spiro atoms. The maximum atomic E-state index is 12.6. The summed E-state index contributed by atoms with van der Waals surface area (Å²) in [6.07, 6.45) is 0. The Bertz CT molecular complexity index is 931. The molecule has 2 aromatic carbocycles. The first-order valence-electron chi connectivity index (χ1n) is 8.37. The second kappa shape index (κ2) is 8.45. The molecule has 3 aromatic rings. The molecule has 2 N–H and O–H groups in total. The Balaban J connectivity index is 1.66. The van der Waals surface area contributed by atoms with E-state index >= 15 is 0 Å². The van der Waals surface area contributed by atoms with Crippen LogP contribution in [0.4, 0.5) is 0 Å². The number of hydrogen-bond donors (Lipinski definition) is 1. The van der Waals surface area contributed by atoms with Crippen molar-refractivity contribution in [3.05, 3.63) is 65.2 Å². The summed E-state index contributed by atoms with van der Waals surface area (Å²) in [5, 5.41) is 9.27. The van der Waals surface area contributed by atoms with E-state index in [1.54, 1.807) is 24.1 Å². The number of carbonyl (C=O) groups is 1. The normalized spacial score (nSPS) is 12.0. The SMILES string of the molecule is C[C@H](c1ccccc1)N(C)C(=O)CSc1nnc(-c2cccc(Cl)c2)n1N. The minimum atomic E-state index is -0.0166. The molecular formula is C19H20ClN5OS. The van der Waals surface area contributed by atoms with Gasteiger partial charge in [0.2, 0.25) is 11.1 Å². The average Bonchev–Trinajstić information content (AvgIpc) is 3.06. The van der Waals surface area contributed by atoms with Crippen molar-refractivity contribution in [3.8, 4) is 11.4 Å². The summed E-state index contributed by atoms with van der Waals surface area (Å²) in [6, 6.07) is 17.1. The van der Waals surface area contributed by atoms with Gasteiger partial charge in [0.15, 0.2) is 5.82 Å². The molecule has 0 saturated heterocycles. The van der Waals surface area contributed by atoms with Gasteiger partial charge in [0.1, 0.15) is 0 Å². The first kappa shape index (κ1) is 19.3. The number of rotatable bonds is 6. The highest BCUT2D eigenvalue weighted by molar-refractivity contribution is 7.99. The van der Waals surface area contributed by atoms with Crippen LogP contribution < -0.4 is 5.84 Å². The van der Waals surface area contributed by atoms with Crippen LogP contribution in [0, 0.1) is 0 Å². The number of aromatic nitrogens is 3. The van der Waals surface area contributed by atoms with E-state index in [2.05, 4.69) is 10.2 Å². The third-order valence-electron chi connectivity index (χ3n) is 4.33. The van der Waals surface area contributed by atoms with Crippen LogP contribution in [0.25, 0.3) is 11.4 Å². The summed E-state index contributed by atoms with van der Waals surface area (Å²) in [7, 11) is 1.80. The second-order valence-electron chi connectivity index (χ2n) is 6.07. The monoisotopic (exact) mass is 401 g/mol. The molecule has 0 aliphatic carbocycles. The van der Waals surface area contributed by atoms with Crippen molar-refractivity contribution in [3.63, 3.8) is 0 Å². The zero-order valence-corrected chi connectivity index (χ0v) is 16.6. The lowest BCUT2D eigenvalue weighted by atomic mass is 10.1. The standard InChI is InChI=1S/C19H20ClN5OS/c1-13(14-7-4-3-5-8-14)24(2)17(26)12-27-19-23-22-18(25(19)21)15-9-6-10-16(20)11-15/h3-11,13H,12,21H2,1-2H3/t13-/m1/s1. The third kappa shape index (κ3) is 4.43. The number of nitrogens with zero attached hydrogens (tertiary/aromatic N) is 4. The number of hydrogen-bond acceptors (Lipinski definition) is 5. The van der Waals surface area contributed by atoms with Crippen LogP contribution in [0.1, 0.15) is 18.5 Å². The molecule has 1 amide bonds. The van der Waals surface area contributed by atoms with Crippen molar-refractivity contribution < 1.29 is 4.79 Å². The van der Waals surface area contributed by atoms with Gasteiger partial charge in [-0.3, -0.25) is 4.79 Å². The smallest absolute Gasteiger partial charge is 0.233 e. The lowest BCUT2D eigenvalue weighted by Crippen LogP contribution is -2.31. The Labute approximate surface area is 167 Å². The van der Waals surface area contributed by atoms with Gasteiger partial charge in [-0.05, 0) is 24.6 Å². The zero-order valence-electron chi connectivity index (χ0n) is 15.0. The van der Waals surface area contributed by atoms with Crippen LogP contribution in [0.3, 0.4) is 0 Å². The number of halogens is 1. The quantitative estimate of drug-likeness (QED) is 0.504. The van der Waals surface area contributed by atoms with E-state index < -0.39 is 0 Å². The highest BCUT2D eigenvalue weighted by atomic mass is 35.5. The first-order valence-corrected chi connectivity index (χ1v) is 9.73. The number of nitrogen functional groups attached to an aromatic ring is 1. The fraction of sp³-hybridized carbons (Fsp3) is 0.211. The van der Waals surface area contributed by atoms with E-state index in [0.29, 0.717) is 16.0 Å². The minimum absolute atomic E-state index is 0.0105. The van der Waals surface area contributed by atoms with Gasteiger partial charge >= 0.3 is 0 Å². The fourth-order valence-electron chi connectivity index (χ4n) is 2.60. The van der Waals surface area contributed by atoms with Gasteiger partial charge in [0, 0.05) is 17.6 Å². The number of amides is 1. The van der Waals surface area contributed by atoms with Crippen LogP contribution in [0.2, 0.25) is 5.02 Å². The number of benzene rings is 2. The van der Waals surface area contributed by atoms with Crippen molar-refractivity contribution in [1.29, 1.82) is 0 Å². The molecule has 0 saturated carbocycles. The van der Waals surface area contributed by atoms with Crippen LogP contribution in [0.5, 0.6) is 0 Å². The number of nitrogens with two attached hydrogens (primary N) is 1. The molecule has 6 nitrogen and oxygen atoms in total. The minimum Gasteiger partial charge on any atom is -0.338 e. The molecule has 0 bridgehead atoms. The van der Waals surface area contributed by atoms with E-state index in [9.17, 15) is 4.79 Å². The largest absolute Gasteiger partial charge is 0.338 e. The second-order valence-corrected chi connectivity index (χ2v) is 7.45. The molecule has 3 rings (SSSR count). The Kier molecular flexibility index (Phi) is 6.03. The molecule has 0 radical (unpaired) electrons. The zero-order chi connectivity index (χ0) is 19.4. The van der Waals surface area contributed by atoms with Crippen molar-refractivity contribution in [2.45, 2.75) is 18.1 Å². The summed E-state index contributed by atoms with van der Waals surface area (Å²) in [5.41, 5.74) is 1.86. The van der Waals surface area contributed by atoms with Gasteiger partial charge in [-0.15, -0.1) is 10.2 Å².